The Balaban J connectivity index is 2.24. The van der Waals surface area contributed by atoms with E-state index in [1.807, 2.05) is 13.0 Å². The highest BCUT2D eigenvalue weighted by Crippen LogP contribution is 2.46. The predicted molar refractivity (Wildman–Crippen MR) is 159 cm³/mol. The van der Waals surface area contributed by atoms with Crippen molar-refractivity contribution in [1.29, 1.82) is 0 Å². The van der Waals surface area contributed by atoms with Crippen molar-refractivity contribution in [1.82, 2.24) is 15.5 Å². The molecule has 2 aromatic rings. The van der Waals surface area contributed by atoms with E-state index in [0.717, 1.165) is 5.56 Å². The zero-order valence-electron chi connectivity index (χ0n) is 24.2. The number of nitrogens with one attached hydrogen (secondary N) is 1. The zero-order valence-corrected chi connectivity index (χ0v) is 26.9. The SMILES string of the molecule is COC(=O)c1c(C)c(OC)cc(O[Si](C)(C)C(C)(C)C(C)C)c1CSCCNC(=O)C(=S)c1nc(CN)no1. The summed E-state index contributed by atoms with van der Waals surface area (Å²) in [5, 5.41) is 6.36. The molecule has 0 radical (unpaired) electrons. The molecule has 13 heteroatoms. The van der Waals surface area contributed by atoms with Gasteiger partial charge in [0.1, 0.15) is 11.5 Å². The number of ether oxygens (including phenoxy) is 2. The predicted octanol–water partition coefficient (Wildman–Crippen LogP) is 4.42. The van der Waals surface area contributed by atoms with Gasteiger partial charge in [0.25, 0.3) is 20.1 Å². The standard InChI is InChI=1S/C26H40N4O6S2Si/c1-15(2)26(4,5)39(8,9)36-19-12-18(33-6)16(3)21(25(32)34-7)17(19)14-38-11-10-28-23(31)22(37)24-29-20(13-27)30-35-24/h12,15H,10-11,13-14,27H2,1-9H3,(H,28,31). The Bertz CT molecular complexity index is 1200. The third-order valence-corrected chi connectivity index (χ3v) is 13.2. The first-order chi connectivity index (χ1) is 18.2. The summed E-state index contributed by atoms with van der Waals surface area (Å²) in [5.74, 6) is 1.88. The Morgan fingerprint density at radius 1 is 1.26 bits per heavy atom. The quantitative estimate of drug-likeness (QED) is 0.105. The number of thioether (sulfide) groups is 1. The summed E-state index contributed by atoms with van der Waals surface area (Å²) >= 11 is 6.68. The Morgan fingerprint density at radius 2 is 1.92 bits per heavy atom. The van der Waals surface area contributed by atoms with Crippen LogP contribution < -0.4 is 20.2 Å². The van der Waals surface area contributed by atoms with Gasteiger partial charge in [-0.3, -0.25) is 4.79 Å². The zero-order chi connectivity index (χ0) is 29.5. The molecule has 1 amide bonds. The highest BCUT2D eigenvalue weighted by molar-refractivity contribution is 7.98. The molecule has 3 N–H and O–H groups in total. The second-order valence-electron chi connectivity index (χ2n) is 10.4. The number of methoxy groups -OCH3 is 2. The van der Waals surface area contributed by atoms with E-state index in [4.69, 9.17) is 36.4 Å². The molecule has 0 unspecified atom stereocenters. The second kappa shape index (κ2) is 13.7. The fraction of sp³-hybridized carbons (Fsp3) is 0.577. The fourth-order valence-electron chi connectivity index (χ4n) is 3.73. The summed E-state index contributed by atoms with van der Waals surface area (Å²) in [6, 6.07) is 1.86. The highest BCUT2D eigenvalue weighted by Gasteiger charge is 2.45. The Kier molecular flexibility index (Phi) is 11.5. The number of esters is 1. The first kappa shape index (κ1) is 32.7. The number of nitrogens with two attached hydrogens (primary N) is 1. The number of carbonyl (C=O) groups excluding carboxylic acids is 2. The molecule has 0 aliphatic heterocycles. The molecule has 0 spiro atoms. The molecule has 0 atom stereocenters. The molecule has 216 valence electrons. The third-order valence-electron chi connectivity index (χ3n) is 7.41. The van der Waals surface area contributed by atoms with Gasteiger partial charge in [0.05, 0.1) is 26.3 Å². The molecule has 0 aliphatic carbocycles. The summed E-state index contributed by atoms with van der Waals surface area (Å²) in [7, 11) is 0.610. The average molecular weight is 597 g/mol. The van der Waals surface area contributed by atoms with Gasteiger partial charge >= 0.3 is 5.97 Å². The molecule has 1 aromatic heterocycles. The summed E-state index contributed by atoms with van der Waals surface area (Å²) in [6.07, 6.45) is 0. The van der Waals surface area contributed by atoms with Crippen LogP contribution in [-0.2, 0) is 21.8 Å². The van der Waals surface area contributed by atoms with Gasteiger partial charge in [-0.05, 0) is 31.0 Å². The van der Waals surface area contributed by atoms with Crippen molar-refractivity contribution in [3.05, 3.63) is 34.5 Å². The van der Waals surface area contributed by atoms with Gasteiger partial charge in [0, 0.05) is 35.2 Å². The van der Waals surface area contributed by atoms with E-state index in [0.29, 0.717) is 46.6 Å². The fourth-order valence-corrected chi connectivity index (χ4v) is 7.15. The summed E-state index contributed by atoms with van der Waals surface area (Å²) in [5.41, 5.74) is 7.33. The van der Waals surface area contributed by atoms with E-state index >= 15 is 0 Å². The molecule has 10 nitrogen and oxygen atoms in total. The number of hydrogen-bond acceptors (Lipinski definition) is 11. The van der Waals surface area contributed by atoms with E-state index in [-0.39, 0.29) is 28.2 Å². The minimum Gasteiger partial charge on any atom is -0.543 e. The van der Waals surface area contributed by atoms with Crippen molar-refractivity contribution in [3.8, 4) is 11.5 Å². The minimum absolute atomic E-state index is 0.0371. The maximum absolute atomic E-state index is 12.9. The monoisotopic (exact) mass is 596 g/mol. The van der Waals surface area contributed by atoms with Crippen molar-refractivity contribution < 1.29 is 28.0 Å². The summed E-state index contributed by atoms with van der Waals surface area (Å²) < 4.78 is 22.5. The van der Waals surface area contributed by atoms with Gasteiger partial charge in [-0.1, -0.05) is 45.1 Å². The molecule has 0 fully saturated rings. The van der Waals surface area contributed by atoms with Gasteiger partial charge < -0.3 is 29.5 Å². The van der Waals surface area contributed by atoms with Gasteiger partial charge in [-0.25, -0.2) is 4.79 Å². The van der Waals surface area contributed by atoms with Crippen molar-refractivity contribution in [3.63, 3.8) is 0 Å². The molecule has 0 saturated carbocycles. The first-order valence-electron chi connectivity index (χ1n) is 12.6. The van der Waals surface area contributed by atoms with Crippen LogP contribution in [0.2, 0.25) is 18.1 Å². The van der Waals surface area contributed by atoms with E-state index in [9.17, 15) is 9.59 Å². The van der Waals surface area contributed by atoms with Crippen LogP contribution >= 0.6 is 24.0 Å². The Morgan fingerprint density at radius 3 is 2.46 bits per heavy atom. The maximum atomic E-state index is 12.9. The van der Waals surface area contributed by atoms with Crippen LogP contribution in [0.1, 0.15) is 60.9 Å². The number of carbonyl (C=O) groups is 2. The van der Waals surface area contributed by atoms with Crippen LogP contribution in [0.5, 0.6) is 11.5 Å². The second-order valence-corrected chi connectivity index (χ2v) is 16.4. The number of thiocarbonyl (C=S) groups is 1. The lowest BCUT2D eigenvalue weighted by Gasteiger charge is -2.43. The van der Waals surface area contributed by atoms with Crippen LogP contribution in [0.25, 0.3) is 0 Å². The molecular weight excluding hydrogens is 557 g/mol. The molecule has 2 rings (SSSR count). The van der Waals surface area contributed by atoms with Crippen LogP contribution in [0, 0.1) is 12.8 Å². The number of rotatable bonds is 14. The Hall–Kier alpha value is -2.48. The van der Waals surface area contributed by atoms with E-state index in [2.05, 4.69) is 56.2 Å². The number of hydrogen-bond donors (Lipinski definition) is 2. The topological polar surface area (TPSA) is 139 Å². The van der Waals surface area contributed by atoms with Crippen molar-refractivity contribution in [2.75, 3.05) is 26.5 Å². The number of aromatic nitrogens is 2. The van der Waals surface area contributed by atoms with Crippen LogP contribution in [0.3, 0.4) is 0 Å². The lowest BCUT2D eigenvalue weighted by Crippen LogP contribution is -2.48. The minimum atomic E-state index is -2.32. The average Bonchev–Trinajstić information content (AvgIpc) is 3.37. The van der Waals surface area contributed by atoms with Gasteiger partial charge in [-0.2, -0.15) is 16.7 Å². The van der Waals surface area contributed by atoms with Crippen molar-refractivity contribution in [2.24, 2.45) is 11.7 Å². The summed E-state index contributed by atoms with van der Waals surface area (Å²) in [6.45, 7) is 15.5. The smallest absolute Gasteiger partial charge is 0.338 e. The molecule has 0 aliphatic rings. The van der Waals surface area contributed by atoms with E-state index < -0.39 is 20.2 Å². The molecule has 0 bridgehead atoms. The lowest BCUT2D eigenvalue weighted by atomic mass is 9.99. The number of amides is 1. The molecule has 0 saturated heterocycles. The maximum Gasteiger partial charge on any atom is 0.338 e. The van der Waals surface area contributed by atoms with E-state index in [1.54, 1.807) is 18.9 Å². The van der Waals surface area contributed by atoms with Crippen molar-refractivity contribution >= 4 is 49.0 Å². The van der Waals surface area contributed by atoms with Crippen LogP contribution in [0.15, 0.2) is 10.6 Å². The third kappa shape index (κ3) is 7.59. The molecule has 1 aromatic carbocycles. The lowest BCUT2D eigenvalue weighted by molar-refractivity contribution is -0.114. The van der Waals surface area contributed by atoms with E-state index in [1.165, 1.54) is 7.11 Å². The van der Waals surface area contributed by atoms with Crippen LogP contribution in [0.4, 0.5) is 0 Å². The first-order valence-corrected chi connectivity index (χ1v) is 17.1. The van der Waals surface area contributed by atoms with Gasteiger partial charge in [0.2, 0.25) is 0 Å². The molecule has 1 heterocycles. The highest BCUT2D eigenvalue weighted by atomic mass is 32.2. The van der Waals surface area contributed by atoms with Crippen molar-refractivity contribution in [2.45, 2.75) is 65.0 Å². The number of nitrogens with zero attached hydrogens (tertiary/aromatic N) is 2. The number of benzene rings is 1. The molecule has 39 heavy (non-hydrogen) atoms. The van der Waals surface area contributed by atoms with Gasteiger partial charge in [-0.15, -0.1) is 0 Å². The molecular formula is C26H40N4O6S2Si. The summed E-state index contributed by atoms with van der Waals surface area (Å²) in [4.78, 5) is 29.2. The van der Waals surface area contributed by atoms with Gasteiger partial charge in [0.15, 0.2) is 10.7 Å². The Labute approximate surface area is 241 Å². The largest absolute Gasteiger partial charge is 0.543 e. The van der Waals surface area contributed by atoms with Crippen LogP contribution in [-0.4, -0.2) is 61.7 Å². The normalized spacial score (nSPS) is 11.9.